The Morgan fingerprint density at radius 3 is 3.06 bits per heavy atom. The van der Waals surface area contributed by atoms with Crippen molar-refractivity contribution in [1.29, 1.82) is 0 Å². The highest BCUT2D eigenvalue weighted by atomic mass is 79.9. The lowest BCUT2D eigenvalue weighted by Crippen LogP contribution is -2.06. The van der Waals surface area contributed by atoms with Crippen LogP contribution in [0.5, 0.6) is 0 Å². The maximum Gasteiger partial charge on any atom is 0.383 e. The van der Waals surface area contributed by atoms with Gasteiger partial charge in [-0.2, -0.15) is 0 Å². The monoisotopic (exact) mass is 307 g/mol. The average molecular weight is 308 g/mol. The van der Waals surface area contributed by atoms with Crippen LogP contribution >= 0.6 is 15.9 Å². The van der Waals surface area contributed by atoms with Gasteiger partial charge >= 0.3 is 5.97 Å². The van der Waals surface area contributed by atoms with E-state index in [-0.39, 0.29) is 0 Å². The van der Waals surface area contributed by atoms with Gasteiger partial charge in [0.2, 0.25) is 0 Å². The van der Waals surface area contributed by atoms with Crippen LogP contribution in [0.25, 0.3) is 0 Å². The topological polar surface area (TPSA) is 56.5 Å². The number of nitrogens with zero attached hydrogens (tertiary/aromatic N) is 3. The Labute approximate surface area is 112 Å². The Hall–Kier alpha value is -1.95. The molecule has 0 radical (unpaired) electrons. The molecule has 92 valence electrons. The first-order valence-corrected chi connectivity index (χ1v) is 5.93. The maximum absolute atomic E-state index is 11.6. The van der Waals surface area contributed by atoms with Crippen LogP contribution < -0.4 is 0 Å². The molecular formula is C12H10BrN3O2. The van der Waals surface area contributed by atoms with E-state index in [9.17, 15) is 4.79 Å². The van der Waals surface area contributed by atoms with Crippen LogP contribution in [0.2, 0.25) is 0 Å². The molecule has 0 saturated heterocycles. The van der Waals surface area contributed by atoms with E-state index in [1.165, 1.54) is 18.7 Å². The van der Waals surface area contributed by atoms with Gasteiger partial charge in [0.1, 0.15) is 5.69 Å². The van der Waals surface area contributed by atoms with Crippen LogP contribution in [-0.4, -0.2) is 21.7 Å². The molecule has 1 heterocycles. The van der Waals surface area contributed by atoms with Gasteiger partial charge in [0, 0.05) is 11.5 Å². The quantitative estimate of drug-likeness (QED) is 0.497. The zero-order chi connectivity index (χ0) is 13.0. The Morgan fingerprint density at radius 1 is 1.56 bits per heavy atom. The minimum absolute atomic E-state index is 0.349. The number of aryl methyl sites for hydroxylation is 1. The molecule has 0 aliphatic carbocycles. The lowest BCUT2D eigenvalue weighted by molar-refractivity contribution is 0.0508. The molecule has 1 aromatic carbocycles. The van der Waals surface area contributed by atoms with Crippen LogP contribution in [0.4, 0.5) is 0 Å². The van der Waals surface area contributed by atoms with Crippen LogP contribution in [0, 0.1) is 0 Å². The van der Waals surface area contributed by atoms with Gasteiger partial charge in [0.15, 0.2) is 0 Å². The number of hydrogen-bond donors (Lipinski definition) is 0. The summed E-state index contributed by atoms with van der Waals surface area (Å²) in [6.07, 6.45) is 4.42. The molecule has 0 bridgehead atoms. The summed E-state index contributed by atoms with van der Waals surface area (Å²) in [6, 6.07) is 7.49. The molecule has 0 atom stereocenters. The van der Waals surface area contributed by atoms with Gasteiger partial charge < -0.3 is 9.40 Å². The second kappa shape index (κ2) is 5.59. The van der Waals surface area contributed by atoms with Crippen LogP contribution in [0.1, 0.15) is 16.1 Å². The standard InChI is InChI=1S/C12H10BrN3O2/c1-16-8-14-7-11(16)12(17)18-15-6-9-3-2-4-10(13)5-9/h2-8H,1H3. The van der Waals surface area contributed by atoms with Gasteiger partial charge in [-0.25, -0.2) is 9.78 Å². The van der Waals surface area contributed by atoms with Crippen molar-refractivity contribution in [3.05, 3.63) is 52.5 Å². The molecule has 5 nitrogen and oxygen atoms in total. The third-order valence-electron chi connectivity index (χ3n) is 2.21. The summed E-state index contributed by atoms with van der Waals surface area (Å²) in [7, 11) is 1.71. The molecule has 2 aromatic rings. The first-order valence-electron chi connectivity index (χ1n) is 5.13. The SMILES string of the molecule is Cn1cncc1C(=O)ON=Cc1cccc(Br)c1. The summed E-state index contributed by atoms with van der Waals surface area (Å²) < 4.78 is 2.50. The highest BCUT2D eigenvalue weighted by Crippen LogP contribution is 2.10. The highest BCUT2D eigenvalue weighted by molar-refractivity contribution is 9.10. The molecule has 6 heteroatoms. The number of rotatable bonds is 3. The molecule has 0 spiro atoms. The van der Waals surface area contributed by atoms with Gasteiger partial charge in [-0.05, 0) is 17.7 Å². The minimum atomic E-state index is -0.541. The second-order valence-corrected chi connectivity index (χ2v) is 4.47. The molecule has 0 saturated carbocycles. The number of imidazole rings is 1. The van der Waals surface area contributed by atoms with Crippen LogP contribution in [0.15, 0.2) is 46.4 Å². The van der Waals surface area contributed by atoms with Crippen molar-refractivity contribution in [2.45, 2.75) is 0 Å². The molecule has 18 heavy (non-hydrogen) atoms. The molecule has 0 aliphatic heterocycles. The van der Waals surface area contributed by atoms with Gasteiger partial charge in [-0.1, -0.05) is 33.2 Å². The van der Waals surface area contributed by atoms with Crippen molar-refractivity contribution in [1.82, 2.24) is 9.55 Å². The molecule has 0 amide bonds. The highest BCUT2D eigenvalue weighted by Gasteiger charge is 2.10. The number of benzene rings is 1. The molecule has 0 unspecified atom stereocenters. The van der Waals surface area contributed by atoms with Gasteiger partial charge in [-0.15, -0.1) is 0 Å². The molecular weight excluding hydrogens is 298 g/mol. The molecule has 2 rings (SSSR count). The van der Waals surface area contributed by atoms with Gasteiger partial charge in [-0.3, -0.25) is 0 Å². The Bertz CT molecular complexity index is 593. The summed E-state index contributed by atoms with van der Waals surface area (Å²) in [5.41, 5.74) is 1.18. The van der Waals surface area contributed by atoms with Crippen molar-refractivity contribution < 1.29 is 9.63 Å². The fourth-order valence-electron chi connectivity index (χ4n) is 1.32. The van der Waals surface area contributed by atoms with E-state index >= 15 is 0 Å². The number of carbonyl (C=O) groups is 1. The smallest absolute Gasteiger partial charge is 0.328 e. The van der Waals surface area contributed by atoms with E-state index in [1.54, 1.807) is 11.6 Å². The number of hydrogen-bond acceptors (Lipinski definition) is 4. The number of oxime groups is 1. The van der Waals surface area contributed by atoms with E-state index in [0.717, 1.165) is 10.0 Å². The minimum Gasteiger partial charge on any atom is -0.328 e. The Kier molecular flexibility index (Phi) is 3.88. The zero-order valence-electron chi connectivity index (χ0n) is 9.58. The van der Waals surface area contributed by atoms with Crippen molar-refractivity contribution in [2.75, 3.05) is 0 Å². The molecule has 1 aromatic heterocycles. The largest absolute Gasteiger partial charge is 0.383 e. The fourth-order valence-corrected chi connectivity index (χ4v) is 1.74. The predicted molar refractivity (Wildman–Crippen MR) is 70.4 cm³/mol. The van der Waals surface area contributed by atoms with Gasteiger partial charge in [0.25, 0.3) is 0 Å². The Balaban J connectivity index is 2.00. The fraction of sp³-hybridized carbons (Fsp3) is 0.0833. The summed E-state index contributed by atoms with van der Waals surface area (Å²) in [5.74, 6) is -0.541. The maximum atomic E-state index is 11.6. The third kappa shape index (κ3) is 3.04. The number of aromatic nitrogens is 2. The number of halogens is 1. The van der Waals surface area contributed by atoms with E-state index in [4.69, 9.17) is 4.84 Å². The van der Waals surface area contributed by atoms with Crippen molar-refractivity contribution in [2.24, 2.45) is 12.2 Å². The molecule has 0 aliphatic rings. The van der Waals surface area contributed by atoms with Gasteiger partial charge in [0.05, 0.1) is 18.7 Å². The van der Waals surface area contributed by atoms with Crippen LogP contribution in [-0.2, 0) is 11.9 Å². The summed E-state index contributed by atoms with van der Waals surface area (Å²) >= 11 is 3.34. The van der Waals surface area contributed by atoms with E-state index in [0.29, 0.717) is 5.69 Å². The van der Waals surface area contributed by atoms with E-state index < -0.39 is 5.97 Å². The van der Waals surface area contributed by atoms with Crippen molar-refractivity contribution in [3.63, 3.8) is 0 Å². The first-order chi connectivity index (χ1) is 8.66. The van der Waals surface area contributed by atoms with E-state index in [1.807, 2.05) is 24.3 Å². The summed E-state index contributed by atoms with van der Waals surface area (Å²) in [6.45, 7) is 0. The molecule has 0 N–H and O–H groups in total. The normalized spacial score (nSPS) is 10.8. The van der Waals surface area contributed by atoms with Crippen molar-refractivity contribution >= 4 is 28.1 Å². The number of carbonyl (C=O) groups excluding carboxylic acids is 1. The Morgan fingerprint density at radius 2 is 2.39 bits per heavy atom. The summed E-state index contributed by atoms with van der Waals surface area (Å²) in [4.78, 5) is 20.2. The van der Waals surface area contributed by atoms with E-state index in [2.05, 4.69) is 26.1 Å². The lowest BCUT2D eigenvalue weighted by Gasteiger charge is -1.98. The molecule has 0 fully saturated rings. The zero-order valence-corrected chi connectivity index (χ0v) is 11.2. The predicted octanol–water partition coefficient (Wildman–Crippen LogP) is 2.37. The second-order valence-electron chi connectivity index (χ2n) is 3.56. The average Bonchev–Trinajstić information content (AvgIpc) is 2.75. The first kappa shape index (κ1) is 12.5. The van der Waals surface area contributed by atoms with Crippen molar-refractivity contribution in [3.8, 4) is 0 Å². The summed E-state index contributed by atoms with van der Waals surface area (Å²) in [5, 5.41) is 3.64. The van der Waals surface area contributed by atoms with Crippen LogP contribution in [0.3, 0.4) is 0 Å². The third-order valence-corrected chi connectivity index (χ3v) is 2.71. The lowest BCUT2D eigenvalue weighted by atomic mass is 10.2.